The van der Waals surface area contributed by atoms with Crippen molar-refractivity contribution in [3.05, 3.63) is 83.7 Å². The molecule has 0 aliphatic carbocycles. The quantitative estimate of drug-likeness (QED) is 0.223. The Morgan fingerprint density at radius 1 is 1.08 bits per heavy atom. The van der Waals surface area contributed by atoms with Crippen LogP contribution in [0.2, 0.25) is 5.02 Å². The Morgan fingerprint density at radius 3 is 2.78 bits per heavy atom. The van der Waals surface area contributed by atoms with Crippen LogP contribution in [0, 0.1) is 5.82 Å². The molecule has 37 heavy (non-hydrogen) atoms. The molecule has 0 amide bonds. The maximum Gasteiger partial charge on any atom is 0.223 e. The molecule has 0 fully saturated rings. The average Bonchev–Trinajstić information content (AvgIpc) is 3.59. The van der Waals surface area contributed by atoms with E-state index in [0.29, 0.717) is 5.95 Å². The highest BCUT2D eigenvalue weighted by Gasteiger charge is 2.31. The minimum atomic E-state index is -0.266. The van der Waals surface area contributed by atoms with E-state index >= 15 is 0 Å². The summed E-state index contributed by atoms with van der Waals surface area (Å²) < 4.78 is 18.3. The van der Waals surface area contributed by atoms with Crippen LogP contribution in [0.5, 0.6) is 0 Å². The van der Waals surface area contributed by atoms with Gasteiger partial charge >= 0.3 is 0 Å². The molecule has 1 unspecified atom stereocenters. The number of unbranched alkanes of at least 4 members (excludes halogenated alkanes) is 1. The number of hydrogen-bond acceptors (Lipinski definition) is 4. The fraction of sp³-hybridized carbons (Fsp3) is 0.276. The largest absolute Gasteiger partial charge is 0.354 e. The highest BCUT2D eigenvalue weighted by molar-refractivity contribution is 6.31. The predicted molar refractivity (Wildman–Crippen MR) is 146 cm³/mol. The van der Waals surface area contributed by atoms with Crippen LogP contribution in [-0.2, 0) is 13.0 Å². The van der Waals surface area contributed by atoms with Crippen LogP contribution in [0.25, 0.3) is 33.5 Å². The molecule has 0 spiro atoms. The zero-order chi connectivity index (χ0) is 25.4. The molecular formula is C29H28ClFN6. The Morgan fingerprint density at radius 2 is 1.95 bits per heavy atom. The first-order valence-electron chi connectivity index (χ1n) is 12.8. The van der Waals surface area contributed by atoms with E-state index < -0.39 is 0 Å². The lowest BCUT2D eigenvalue weighted by Gasteiger charge is -2.19. The van der Waals surface area contributed by atoms with Crippen molar-refractivity contribution in [3.63, 3.8) is 0 Å². The summed E-state index contributed by atoms with van der Waals surface area (Å²) in [6.07, 6.45) is 7.90. The van der Waals surface area contributed by atoms with E-state index in [2.05, 4.69) is 44.7 Å². The Kier molecular flexibility index (Phi) is 6.38. The lowest BCUT2D eigenvalue weighted by atomic mass is 10.1. The number of nitrogens with zero attached hydrogens (tertiary/aromatic N) is 5. The number of fused-ring (bicyclic) bond motifs is 2. The molecule has 0 saturated heterocycles. The molecule has 8 heteroatoms. The standard InChI is InChI=1S/C29H28ClFN6/c1-2-3-14-32-29-33-15-12-24(34-29)28-27(20-5-8-22(31)9-6-20)35-26-11-10-23(37(26)28)18-36-16-13-19-4-7-21(30)17-25(19)36/h4-9,12-13,15-17,23H,2-3,10-11,14,18H2,1H3,(H,32,33,34). The van der Waals surface area contributed by atoms with Crippen LogP contribution in [0.1, 0.15) is 38.1 Å². The molecule has 5 aromatic rings. The maximum atomic E-state index is 13.8. The monoisotopic (exact) mass is 514 g/mol. The van der Waals surface area contributed by atoms with Crippen LogP contribution in [0.4, 0.5) is 10.3 Å². The third kappa shape index (κ3) is 4.60. The van der Waals surface area contributed by atoms with Gasteiger partial charge in [0.05, 0.1) is 23.1 Å². The fourth-order valence-corrected chi connectivity index (χ4v) is 5.36. The van der Waals surface area contributed by atoms with Crippen molar-refractivity contribution in [2.75, 3.05) is 11.9 Å². The molecule has 6 rings (SSSR count). The molecule has 188 valence electrons. The SMILES string of the molecule is CCCCNc1nccc(-c2c(-c3ccc(F)cc3)nc3n2C(Cn2ccc4ccc(Cl)cc42)CC3)n1. The van der Waals surface area contributed by atoms with Crippen molar-refractivity contribution >= 4 is 28.5 Å². The second-order valence-corrected chi connectivity index (χ2v) is 9.95. The van der Waals surface area contributed by atoms with Gasteiger partial charge in [-0.15, -0.1) is 0 Å². The summed E-state index contributed by atoms with van der Waals surface area (Å²) in [5.74, 6) is 1.36. The Hall–Kier alpha value is -3.71. The fourth-order valence-electron chi connectivity index (χ4n) is 5.20. The van der Waals surface area contributed by atoms with Gasteiger partial charge < -0.3 is 14.5 Å². The normalized spacial score (nSPS) is 14.8. The van der Waals surface area contributed by atoms with Crippen LogP contribution >= 0.6 is 11.6 Å². The summed E-state index contributed by atoms with van der Waals surface area (Å²) in [7, 11) is 0. The van der Waals surface area contributed by atoms with E-state index in [1.165, 1.54) is 17.5 Å². The number of rotatable bonds is 8. The van der Waals surface area contributed by atoms with Gasteiger partial charge in [-0.1, -0.05) is 31.0 Å². The van der Waals surface area contributed by atoms with Crippen molar-refractivity contribution in [3.8, 4) is 22.6 Å². The highest BCUT2D eigenvalue weighted by Crippen LogP contribution is 2.40. The zero-order valence-electron chi connectivity index (χ0n) is 20.7. The number of imidazole rings is 1. The molecule has 1 aliphatic heterocycles. The molecule has 0 radical (unpaired) electrons. The van der Waals surface area contributed by atoms with Gasteiger partial charge in [0, 0.05) is 48.0 Å². The molecule has 3 aromatic heterocycles. The molecule has 1 aliphatic rings. The Labute approximate surface area is 220 Å². The number of halogens is 2. The minimum Gasteiger partial charge on any atom is -0.354 e. The maximum absolute atomic E-state index is 13.8. The number of benzene rings is 2. The van der Waals surface area contributed by atoms with E-state index in [-0.39, 0.29) is 11.9 Å². The molecule has 4 heterocycles. The lowest BCUT2D eigenvalue weighted by Crippen LogP contribution is -2.14. The number of anilines is 1. The molecule has 6 nitrogen and oxygen atoms in total. The van der Waals surface area contributed by atoms with Crippen molar-refractivity contribution in [2.45, 2.75) is 45.2 Å². The summed E-state index contributed by atoms with van der Waals surface area (Å²) in [5.41, 5.74) is 4.55. The van der Waals surface area contributed by atoms with Gasteiger partial charge in [0.2, 0.25) is 5.95 Å². The minimum absolute atomic E-state index is 0.188. The van der Waals surface area contributed by atoms with E-state index in [1.807, 2.05) is 18.2 Å². The van der Waals surface area contributed by atoms with Gasteiger partial charge in [0.25, 0.3) is 0 Å². The van der Waals surface area contributed by atoms with Gasteiger partial charge in [-0.2, -0.15) is 0 Å². The third-order valence-corrected chi connectivity index (χ3v) is 7.26. The Bertz CT molecular complexity index is 1550. The molecule has 0 saturated carbocycles. The summed E-state index contributed by atoms with van der Waals surface area (Å²) in [6, 6.07) is 16.8. The van der Waals surface area contributed by atoms with Crippen LogP contribution in [-0.4, -0.2) is 30.6 Å². The van der Waals surface area contributed by atoms with E-state index in [1.54, 1.807) is 18.3 Å². The number of aromatic nitrogens is 5. The van der Waals surface area contributed by atoms with Gasteiger partial charge in [0.1, 0.15) is 11.6 Å². The second kappa shape index (κ2) is 9.98. The molecule has 1 N–H and O–H groups in total. The first kappa shape index (κ1) is 23.7. The van der Waals surface area contributed by atoms with Gasteiger partial charge in [0.15, 0.2) is 0 Å². The zero-order valence-corrected chi connectivity index (χ0v) is 21.4. The number of aryl methyl sites for hydroxylation is 1. The number of hydrogen-bond donors (Lipinski definition) is 1. The summed E-state index contributed by atoms with van der Waals surface area (Å²) in [4.78, 5) is 14.4. The van der Waals surface area contributed by atoms with Crippen molar-refractivity contribution in [2.24, 2.45) is 0 Å². The second-order valence-electron chi connectivity index (χ2n) is 9.51. The van der Waals surface area contributed by atoms with E-state index in [0.717, 1.165) is 77.8 Å². The highest BCUT2D eigenvalue weighted by atomic mass is 35.5. The van der Waals surface area contributed by atoms with E-state index in [4.69, 9.17) is 21.6 Å². The van der Waals surface area contributed by atoms with Crippen molar-refractivity contribution in [1.29, 1.82) is 0 Å². The topological polar surface area (TPSA) is 60.6 Å². The third-order valence-electron chi connectivity index (χ3n) is 7.02. The van der Waals surface area contributed by atoms with Gasteiger partial charge in [-0.05, 0) is 66.8 Å². The van der Waals surface area contributed by atoms with Gasteiger partial charge in [-0.25, -0.2) is 19.3 Å². The Balaban J connectivity index is 1.44. The molecular weight excluding hydrogens is 487 g/mol. The molecule has 0 bridgehead atoms. The first-order chi connectivity index (χ1) is 18.1. The van der Waals surface area contributed by atoms with Crippen molar-refractivity contribution in [1.82, 2.24) is 24.1 Å². The van der Waals surface area contributed by atoms with Crippen LogP contribution in [0.15, 0.2) is 67.0 Å². The van der Waals surface area contributed by atoms with Gasteiger partial charge in [-0.3, -0.25) is 0 Å². The summed E-state index contributed by atoms with van der Waals surface area (Å²) in [6.45, 7) is 3.77. The van der Waals surface area contributed by atoms with Crippen LogP contribution in [0.3, 0.4) is 0 Å². The summed E-state index contributed by atoms with van der Waals surface area (Å²) in [5, 5.41) is 5.23. The molecule has 1 atom stereocenters. The summed E-state index contributed by atoms with van der Waals surface area (Å²) >= 11 is 6.32. The molecule has 2 aromatic carbocycles. The number of nitrogens with one attached hydrogen (secondary N) is 1. The lowest BCUT2D eigenvalue weighted by molar-refractivity contribution is 0.459. The first-order valence-corrected chi connectivity index (χ1v) is 13.2. The smallest absolute Gasteiger partial charge is 0.223 e. The van der Waals surface area contributed by atoms with Crippen molar-refractivity contribution < 1.29 is 4.39 Å². The van der Waals surface area contributed by atoms with Crippen LogP contribution < -0.4 is 5.32 Å². The average molecular weight is 515 g/mol. The predicted octanol–water partition coefficient (Wildman–Crippen LogP) is 7.15. The van der Waals surface area contributed by atoms with E-state index in [9.17, 15) is 4.39 Å².